The van der Waals surface area contributed by atoms with Gasteiger partial charge >= 0.3 is 0 Å². The van der Waals surface area contributed by atoms with E-state index in [1.54, 1.807) is 0 Å². The van der Waals surface area contributed by atoms with Gasteiger partial charge in [-0.2, -0.15) is 5.10 Å². The molecule has 0 radical (unpaired) electrons. The molecule has 3 aromatic rings. The van der Waals surface area contributed by atoms with Crippen LogP contribution in [0.15, 0.2) is 60.7 Å². The minimum Gasteiger partial charge on any atom is -0.355 e. The van der Waals surface area contributed by atoms with E-state index in [4.69, 9.17) is 5.10 Å². The molecule has 1 aliphatic heterocycles. The third-order valence-electron chi connectivity index (χ3n) is 6.60. The number of anilines is 2. The summed E-state index contributed by atoms with van der Waals surface area (Å²) in [5, 5.41) is 10.9. The Balaban J connectivity index is 1.40. The quantitative estimate of drug-likeness (QED) is 0.505. The summed E-state index contributed by atoms with van der Waals surface area (Å²) in [6.45, 7) is 6.95. The predicted octanol–water partition coefficient (Wildman–Crippen LogP) is 4.49. The van der Waals surface area contributed by atoms with Crippen molar-refractivity contribution < 1.29 is 9.59 Å². The van der Waals surface area contributed by atoms with E-state index in [1.807, 2.05) is 48.0 Å². The normalized spacial score (nSPS) is 15.0. The second-order valence-corrected chi connectivity index (χ2v) is 9.41. The van der Waals surface area contributed by atoms with E-state index < -0.39 is 0 Å². The first kappa shape index (κ1) is 24.5. The number of carbonyl (C=O) groups is 2. The number of hydrogen-bond donors (Lipinski definition) is 2. The zero-order chi connectivity index (χ0) is 24.8. The number of rotatable bonds is 8. The van der Waals surface area contributed by atoms with Gasteiger partial charge in [0.05, 0.1) is 11.4 Å². The van der Waals surface area contributed by atoms with Crippen molar-refractivity contribution in [1.29, 1.82) is 0 Å². The van der Waals surface area contributed by atoms with Crippen molar-refractivity contribution in [2.24, 2.45) is 5.92 Å². The highest BCUT2D eigenvalue weighted by molar-refractivity contribution is 5.93. The van der Waals surface area contributed by atoms with Gasteiger partial charge in [-0.25, -0.2) is 4.68 Å². The van der Waals surface area contributed by atoms with E-state index in [1.165, 1.54) is 12.5 Å². The Hall–Kier alpha value is -3.61. The van der Waals surface area contributed by atoms with Crippen molar-refractivity contribution in [2.45, 2.75) is 52.5 Å². The van der Waals surface area contributed by atoms with Crippen LogP contribution in [-0.4, -0.2) is 40.7 Å². The molecule has 1 saturated heterocycles. The maximum absolute atomic E-state index is 13.0. The second kappa shape index (κ2) is 11.2. The van der Waals surface area contributed by atoms with E-state index in [9.17, 15) is 9.59 Å². The summed E-state index contributed by atoms with van der Waals surface area (Å²) in [5.74, 6) is 0.878. The van der Waals surface area contributed by atoms with Gasteiger partial charge in [0, 0.05) is 32.0 Å². The van der Waals surface area contributed by atoms with Crippen LogP contribution in [-0.2, 0) is 16.0 Å². The maximum Gasteiger partial charge on any atom is 0.223 e. The minimum atomic E-state index is -0.124. The molecule has 0 aliphatic carbocycles. The van der Waals surface area contributed by atoms with Crippen LogP contribution in [0.2, 0.25) is 0 Å². The fourth-order valence-corrected chi connectivity index (χ4v) is 4.69. The predicted molar refractivity (Wildman–Crippen MR) is 140 cm³/mol. The molecule has 1 aromatic heterocycles. The number of para-hydroxylation sites is 1. The molecule has 1 fully saturated rings. The third-order valence-corrected chi connectivity index (χ3v) is 6.60. The largest absolute Gasteiger partial charge is 0.355 e. The van der Waals surface area contributed by atoms with Crippen molar-refractivity contribution >= 4 is 23.3 Å². The van der Waals surface area contributed by atoms with Crippen LogP contribution in [0.4, 0.5) is 11.5 Å². The SMILES string of the molecule is CC(=O)Nc1c(C)nn(-c2ccccc2)c1N1CCC(C(=O)NC(C)CCc2ccccc2)CC1. The molecule has 1 atom stereocenters. The first-order valence-electron chi connectivity index (χ1n) is 12.4. The lowest BCUT2D eigenvalue weighted by Gasteiger charge is -2.34. The molecule has 2 heterocycles. The van der Waals surface area contributed by atoms with Crippen LogP contribution in [0.5, 0.6) is 0 Å². The van der Waals surface area contributed by atoms with E-state index in [2.05, 4.69) is 46.7 Å². The Kier molecular flexibility index (Phi) is 7.85. The van der Waals surface area contributed by atoms with Gasteiger partial charge in [0.2, 0.25) is 11.8 Å². The highest BCUT2D eigenvalue weighted by atomic mass is 16.2. The molecule has 184 valence electrons. The van der Waals surface area contributed by atoms with E-state index in [-0.39, 0.29) is 23.8 Å². The lowest BCUT2D eigenvalue weighted by Crippen LogP contribution is -2.43. The van der Waals surface area contributed by atoms with Crippen molar-refractivity contribution in [1.82, 2.24) is 15.1 Å². The summed E-state index contributed by atoms with van der Waals surface area (Å²) in [4.78, 5) is 27.1. The highest BCUT2D eigenvalue weighted by Crippen LogP contribution is 2.34. The Morgan fingerprint density at radius 3 is 2.29 bits per heavy atom. The van der Waals surface area contributed by atoms with Crippen molar-refractivity contribution in [2.75, 3.05) is 23.3 Å². The van der Waals surface area contributed by atoms with Crippen LogP contribution in [0.3, 0.4) is 0 Å². The number of nitrogens with one attached hydrogen (secondary N) is 2. The Bertz CT molecular complexity index is 1130. The minimum absolute atomic E-state index is 0.0103. The summed E-state index contributed by atoms with van der Waals surface area (Å²) in [5.41, 5.74) is 3.74. The summed E-state index contributed by atoms with van der Waals surface area (Å²) >= 11 is 0. The van der Waals surface area contributed by atoms with Crippen molar-refractivity contribution in [3.05, 3.63) is 71.9 Å². The number of piperidine rings is 1. The number of benzene rings is 2. The molecule has 1 unspecified atom stereocenters. The van der Waals surface area contributed by atoms with Crippen LogP contribution < -0.4 is 15.5 Å². The lowest BCUT2D eigenvalue weighted by atomic mass is 9.95. The molecule has 4 rings (SSSR count). The molecule has 2 N–H and O–H groups in total. The molecular weight excluding hydrogens is 438 g/mol. The fourth-order valence-electron chi connectivity index (χ4n) is 4.69. The van der Waals surface area contributed by atoms with Gasteiger partial charge in [-0.15, -0.1) is 0 Å². The first-order chi connectivity index (χ1) is 16.9. The molecule has 0 bridgehead atoms. The zero-order valence-corrected chi connectivity index (χ0v) is 20.8. The third kappa shape index (κ3) is 6.10. The van der Waals surface area contributed by atoms with Gasteiger partial charge in [-0.1, -0.05) is 48.5 Å². The molecule has 7 nitrogen and oxygen atoms in total. The first-order valence-corrected chi connectivity index (χ1v) is 12.4. The Morgan fingerprint density at radius 1 is 1.03 bits per heavy atom. The standard InChI is InChI=1S/C28H35N5O2/c1-20(14-15-23-10-6-4-7-11-23)29-27(35)24-16-18-32(19-17-24)28-26(30-22(3)34)21(2)31-33(28)25-12-8-5-9-13-25/h4-13,20,24H,14-19H2,1-3H3,(H,29,35)(H,30,34). The van der Waals surface area contributed by atoms with Crippen LogP contribution in [0, 0.1) is 12.8 Å². The summed E-state index contributed by atoms with van der Waals surface area (Å²) in [6, 6.07) is 20.4. The number of nitrogens with zero attached hydrogens (tertiary/aromatic N) is 3. The second-order valence-electron chi connectivity index (χ2n) is 9.41. The van der Waals surface area contributed by atoms with E-state index >= 15 is 0 Å². The number of amides is 2. The van der Waals surface area contributed by atoms with Gasteiger partial charge in [0.1, 0.15) is 5.69 Å². The van der Waals surface area contributed by atoms with Crippen molar-refractivity contribution in [3.63, 3.8) is 0 Å². The van der Waals surface area contributed by atoms with Gasteiger partial charge in [0.15, 0.2) is 5.82 Å². The maximum atomic E-state index is 13.0. The Labute approximate surface area is 207 Å². The van der Waals surface area contributed by atoms with Crippen LogP contribution in [0.25, 0.3) is 5.69 Å². The summed E-state index contributed by atoms with van der Waals surface area (Å²) in [6.07, 6.45) is 3.39. The molecule has 0 saturated carbocycles. The van der Waals surface area contributed by atoms with Crippen LogP contribution in [0.1, 0.15) is 44.4 Å². The van der Waals surface area contributed by atoms with Gasteiger partial charge in [-0.3, -0.25) is 9.59 Å². The molecule has 2 aromatic carbocycles. The molecule has 1 aliphatic rings. The van der Waals surface area contributed by atoms with E-state index in [0.29, 0.717) is 0 Å². The molecule has 2 amide bonds. The highest BCUT2D eigenvalue weighted by Gasteiger charge is 2.30. The molecule has 35 heavy (non-hydrogen) atoms. The van der Waals surface area contributed by atoms with E-state index in [0.717, 1.165) is 61.7 Å². The zero-order valence-electron chi connectivity index (χ0n) is 20.8. The van der Waals surface area contributed by atoms with Gasteiger partial charge in [0.25, 0.3) is 0 Å². The van der Waals surface area contributed by atoms with Gasteiger partial charge in [-0.05, 0) is 57.2 Å². The lowest BCUT2D eigenvalue weighted by molar-refractivity contribution is -0.126. The topological polar surface area (TPSA) is 79.3 Å². The monoisotopic (exact) mass is 473 g/mol. The van der Waals surface area contributed by atoms with Crippen molar-refractivity contribution in [3.8, 4) is 5.69 Å². The molecule has 7 heteroatoms. The smallest absolute Gasteiger partial charge is 0.223 e. The fraction of sp³-hybridized carbons (Fsp3) is 0.393. The summed E-state index contributed by atoms with van der Waals surface area (Å²) in [7, 11) is 0. The number of carbonyl (C=O) groups excluding carboxylic acids is 2. The number of hydrogen-bond acceptors (Lipinski definition) is 4. The summed E-state index contributed by atoms with van der Waals surface area (Å²) < 4.78 is 1.90. The number of aromatic nitrogens is 2. The number of aryl methyl sites for hydroxylation is 2. The molecule has 0 spiro atoms. The average molecular weight is 474 g/mol. The molecular formula is C28H35N5O2. The van der Waals surface area contributed by atoms with Crippen LogP contribution >= 0.6 is 0 Å². The van der Waals surface area contributed by atoms with Gasteiger partial charge < -0.3 is 15.5 Å². The Morgan fingerprint density at radius 2 is 1.66 bits per heavy atom. The average Bonchev–Trinajstić information content (AvgIpc) is 3.19.